The molecule has 0 saturated carbocycles. The molecule has 0 aliphatic carbocycles. The predicted molar refractivity (Wildman–Crippen MR) is 142 cm³/mol. The fraction of sp³-hybridized carbons (Fsp3) is 0.897. The van der Waals surface area contributed by atoms with Gasteiger partial charge in [0.15, 0.2) is 0 Å². The molecule has 0 saturated heterocycles. The second-order valence-electron chi connectivity index (χ2n) is 9.52. The third-order valence-electron chi connectivity index (χ3n) is 6.09. The van der Waals surface area contributed by atoms with Crippen molar-refractivity contribution in [2.24, 2.45) is 5.92 Å². The van der Waals surface area contributed by atoms with Gasteiger partial charge in [-0.05, 0) is 45.4 Å². The monoisotopic (exact) mass is 484 g/mol. The van der Waals surface area contributed by atoms with Crippen molar-refractivity contribution >= 4 is 5.97 Å². The average molecular weight is 485 g/mol. The van der Waals surface area contributed by atoms with Gasteiger partial charge in [-0.25, -0.2) is 4.79 Å². The molecule has 0 aromatic heterocycles. The van der Waals surface area contributed by atoms with Gasteiger partial charge in [0, 0.05) is 11.5 Å². The normalized spacial score (nSPS) is 12.6. The second kappa shape index (κ2) is 22.5. The Labute approximate surface area is 211 Å². The molecule has 5 heteroatoms. The summed E-state index contributed by atoms with van der Waals surface area (Å²) in [7, 11) is 0. The van der Waals surface area contributed by atoms with Gasteiger partial charge >= 0.3 is 5.97 Å². The van der Waals surface area contributed by atoms with Crippen LogP contribution >= 0.6 is 0 Å². The van der Waals surface area contributed by atoms with Gasteiger partial charge in [0.25, 0.3) is 5.97 Å². The summed E-state index contributed by atoms with van der Waals surface area (Å²) in [5.41, 5.74) is 0.437. The summed E-state index contributed by atoms with van der Waals surface area (Å²) in [5.74, 6) is -1.23. The van der Waals surface area contributed by atoms with Crippen LogP contribution in [0.4, 0.5) is 0 Å². The summed E-state index contributed by atoms with van der Waals surface area (Å²) < 4.78 is 24.8. The van der Waals surface area contributed by atoms with Gasteiger partial charge in [0.05, 0.1) is 26.4 Å². The zero-order valence-corrected chi connectivity index (χ0v) is 23.3. The van der Waals surface area contributed by atoms with Gasteiger partial charge in [-0.2, -0.15) is 0 Å². The number of hydrogen-bond acceptors (Lipinski definition) is 5. The Kier molecular flexibility index (Phi) is 21.9. The van der Waals surface area contributed by atoms with Gasteiger partial charge in [0.1, 0.15) is 0 Å². The molecule has 0 bridgehead atoms. The van der Waals surface area contributed by atoms with Gasteiger partial charge < -0.3 is 18.9 Å². The molecule has 0 spiro atoms. The number of ether oxygens (including phenoxy) is 4. The van der Waals surface area contributed by atoms with E-state index >= 15 is 0 Å². The van der Waals surface area contributed by atoms with E-state index in [-0.39, 0.29) is 11.9 Å². The van der Waals surface area contributed by atoms with Crippen LogP contribution in [0.3, 0.4) is 0 Å². The molecule has 0 rings (SSSR count). The Morgan fingerprint density at radius 2 is 1.09 bits per heavy atom. The van der Waals surface area contributed by atoms with Crippen molar-refractivity contribution in [3.8, 4) is 0 Å². The summed E-state index contributed by atoms with van der Waals surface area (Å²) in [6, 6.07) is 0. The van der Waals surface area contributed by atoms with E-state index in [2.05, 4.69) is 34.3 Å². The van der Waals surface area contributed by atoms with Gasteiger partial charge in [-0.15, -0.1) is 0 Å². The fourth-order valence-electron chi connectivity index (χ4n) is 3.84. The largest absolute Gasteiger partial charge is 0.462 e. The molecule has 0 aromatic rings. The number of rotatable bonds is 25. The summed E-state index contributed by atoms with van der Waals surface area (Å²) in [5, 5.41) is 0. The van der Waals surface area contributed by atoms with Crippen molar-refractivity contribution in [2.75, 3.05) is 26.4 Å². The molecular weight excluding hydrogens is 428 g/mol. The quantitative estimate of drug-likeness (QED) is 0.0564. The Morgan fingerprint density at radius 3 is 1.56 bits per heavy atom. The Morgan fingerprint density at radius 1 is 0.647 bits per heavy atom. The van der Waals surface area contributed by atoms with Crippen LogP contribution in [0.25, 0.3) is 0 Å². The van der Waals surface area contributed by atoms with E-state index in [1.165, 1.54) is 32.1 Å². The summed E-state index contributed by atoms with van der Waals surface area (Å²) >= 11 is 0. The molecule has 0 aliphatic rings. The standard InChI is InChI=1S/C29H56O5/c1-7-11-15-16-17-18-20-27(21-19-22-31-28(30)26(5)6)29(32-23-12-8-2,33-24-13-9-3)34-25-14-10-4/h27H,5,7-25H2,1-4,6H3. The highest BCUT2D eigenvalue weighted by Gasteiger charge is 2.42. The number of unbranched alkanes of at least 4 members (excludes halogenated alkanes) is 8. The lowest BCUT2D eigenvalue weighted by molar-refractivity contribution is -0.407. The number of esters is 1. The minimum atomic E-state index is -1.01. The van der Waals surface area contributed by atoms with Crippen LogP contribution in [0, 0.1) is 5.92 Å². The SMILES string of the molecule is C=C(C)C(=O)OCCCC(CCCCCCCC)C(OCCCC)(OCCCC)OCCCC. The molecule has 202 valence electrons. The van der Waals surface area contributed by atoms with Crippen molar-refractivity contribution in [3.63, 3.8) is 0 Å². The third-order valence-corrected chi connectivity index (χ3v) is 6.09. The molecule has 0 aliphatic heterocycles. The zero-order valence-electron chi connectivity index (χ0n) is 23.3. The smallest absolute Gasteiger partial charge is 0.333 e. The molecular formula is C29H56O5. The maximum absolute atomic E-state index is 11.8. The van der Waals surface area contributed by atoms with Crippen molar-refractivity contribution in [2.45, 2.75) is 137 Å². The first-order valence-corrected chi connectivity index (χ1v) is 14.2. The lowest BCUT2D eigenvalue weighted by Gasteiger charge is -2.40. The first kappa shape index (κ1) is 33.1. The second-order valence-corrected chi connectivity index (χ2v) is 9.52. The molecule has 5 nitrogen and oxygen atoms in total. The fourth-order valence-corrected chi connectivity index (χ4v) is 3.84. The topological polar surface area (TPSA) is 54.0 Å². The van der Waals surface area contributed by atoms with E-state index in [1.807, 2.05) is 0 Å². The minimum Gasteiger partial charge on any atom is -0.462 e. The van der Waals surface area contributed by atoms with Crippen LogP contribution in [0.5, 0.6) is 0 Å². The van der Waals surface area contributed by atoms with Crippen molar-refractivity contribution in [1.82, 2.24) is 0 Å². The van der Waals surface area contributed by atoms with E-state index in [0.29, 0.717) is 32.0 Å². The molecule has 1 atom stereocenters. The van der Waals surface area contributed by atoms with Crippen molar-refractivity contribution < 1.29 is 23.7 Å². The third kappa shape index (κ3) is 15.9. The molecule has 0 amide bonds. The van der Waals surface area contributed by atoms with Crippen LogP contribution in [-0.2, 0) is 23.7 Å². The van der Waals surface area contributed by atoms with Crippen LogP contribution < -0.4 is 0 Å². The number of carbonyl (C=O) groups excluding carboxylic acids is 1. The van der Waals surface area contributed by atoms with E-state index in [0.717, 1.165) is 64.2 Å². The Hall–Kier alpha value is -0.910. The molecule has 0 heterocycles. The molecule has 0 aromatic carbocycles. The number of hydrogen-bond donors (Lipinski definition) is 0. The Bertz CT molecular complexity index is 464. The van der Waals surface area contributed by atoms with E-state index in [4.69, 9.17) is 18.9 Å². The number of carbonyl (C=O) groups is 1. The van der Waals surface area contributed by atoms with E-state index in [1.54, 1.807) is 6.92 Å². The maximum atomic E-state index is 11.8. The van der Waals surface area contributed by atoms with Gasteiger partial charge in [-0.3, -0.25) is 0 Å². The predicted octanol–water partition coefficient (Wildman–Crippen LogP) is 8.36. The highest BCUT2D eigenvalue weighted by Crippen LogP contribution is 2.35. The lowest BCUT2D eigenvalue weighted by atomic mass is 9.92. The van der Waals surface area contributed by atoms with Crippen LogP contribution in [0.1, 0.15) is 131 Å². The van der Waals surface area contributed by atoms with Gasteiger partial charge in [0.2, 0.25) is 0 Å². The first-order chi connectivity index (χ1) is 16.5. The average Bonchev–Trinajstić information content (AvgIpc) is 2.82. The first-order valence-electron chi connectivity index (χ1n) is 14.2. The van der Waals surface area contributed by atoms with Crippen LogP contribution in [-0.4, -0.2) is 38.4 Å². The zero-order chi connectivity index (χ0) is 25.5. The maximum Gasteiger partial charge on any atom is 0.333 e. The lowest BCUT2D eigenvalue weighted by Crippen LogP contribution is -2.47. The van der Waals surface area contributed by atoms with Crippen molar-refractivity contribution in [3.05, 3.63) is 12.2 Å². The van der Waals surface area contributed by atoms with Crippen LogP contribution in [0.15, 0.2) is 12.2 Å². The molecule has 0 radical (unpaired) electrons. The van der Waals surface area contributed by atoms with Gasteiger partial charge in [-0.1, -0.05) is 92.1 Å². The molecule has 0 N–H and O–H groups in total. The van der Waals surface area contributed by atoms with Crippen LogP contribution in [0.2, 0.25) is 0 Å². The van der Waals surface area contributed by atoms with Crippen molar-refractivity contribution in [1.29, 1.82) is 0 Å². The van der Waals surface area contributed by atoms with E-state index in [9.17, 15) is 4.79 Å². The van der Waals surface area contributed by atoms with E-state index < -0.39 is 5.97 Å². The Balaban J connectivity index is 5.43. The minimum absolute atomic E-state index is 0.104. The summed E-state index contributed by atoms with van der Waals surface area (Å²) in [6.07, 6.45) is 16.2. The molecule has 34 heavy (non-hydrogen) atoms. The highest BCUT2D eigenvalue weighted by atomic mass is 16.9. The highest BCUT2D eigenvalue weighted by molar-refractivity contribution is 5.86. The molecule has 0 fully saturated rings. The summed E-state index contributed by atoms with van der Waals surface area (Å²) in [4.78, 5) is 11.8. The molecule has 1 unspecified atom stereocenters. The summed E-state index contributed by atoms with van der Waals surface area (Å²) in [6.45, 7) is 16.4.